The van der Waals surface area contributed by atoms with Gasteiger partial charge in [-0.25, -0.2) is 4.98 Å². The average Bonchev–Trinajstić information content (AvgIpc) is 2.88. The van der Waals surface area contributed by atoms with Gasteiger partial charge in [-0.15, -0.1) is 0 Å². The summed E-state index contributed by atoms with van der Waals surface area (Å²) < 4.78 is 2.10. The smallest absolute Gasteiger partial charge is 0.275 e. The summed E-state index contributed by atoms with van der Waals surface area (Å²) in [6, 6.07) is 5.92. The van der Waals surface area contributed by atoms with E-state index in [4.69, 9.17) is 0 Å². The fourth-order valence-electron chi connectivity index (χ4n) is 2.59. The first kappa shape index (κ1) is 12.9. The maximum Gasteiger partial charge on any atom is 0.275 e. The Morgan fingerprint density at radius 2 is 2.15 bits per heavy atom. The van der Waals surface area contributed by atoms with E-state index >= 15 is 0 Å². The van der Waals surface area contributed by atoms with Gasteiger partial charge in [0.1, 0.15) is 11.5 Å². The Balaban J connectivity index is 1.82. The third-order valence-electron chi connectivity index (χ3n) is 3.99. The van der Waals surface area contributed by atoms with Crippen LogP contribution in [0.15, 0.2) is 24.4 Å². The molecule has 1 amide bonds. The summed E-state index contributed by atoms with van der Waals surface area (Å²) >= 11 is 0. The fraction of sp³-hybridized carbons (Fsp3) is 0.375. The van der Waals surface area contributed by atoms with E-state index in [0.29, 0.717) is 5.69 Å². The van der Waals surface area contributed by atoms with Crippen molar-refractivity contribution in [2.45, 2.75) is 39.7 Å². The van der Waals surface area contributed by atoms with Crippen molar-refractivity contribution in [1.29, 1.82) is 0 Å². The Bertz CT molecular complexity index is 634. The highest BCUT2D eigenvalue weighted by atomic mass is 16.1. The first-order valence-corrected chi connectivity index (χ1v) is 7.09. The van der Waals surface area contributed by atoms with Crippen LogP contribution in [0, 0.1) is 13.8 Å². The minimum absolute atomic E-state index is 0.124. The Hall–Kier alpha value is -2.10. The number of carbonyl (C=O) groups excluding carboxylic acids is 1. The number of hydrogen-bond acceptors (Lipinski definition) is 2. The summed E-state index contributed by atoms with van der Waals surface area (Å²) in [5.74, 6) is 0.906. The minimum Gasteiger partial charge on any atom is -0.334 e. The standard InChI is InChI=1S/C16H19N3O/c1-11-6-5-7-13(12(11)2)18-16(20)14-10-19-9-4-3-8-15(19)17-14/h5-7,10H,3-4,8-9H2,1-2H3,(H,18,20). The molecule has 0 aliphatic carbocycles. The van der Waals surface area contributed by atoms with Gasteiger partial charge in [-0.1, -0.05) is 12.1 Å². The van der Waals surface area contributed by atoms with Crippen LogP contribution in [0.3, 0.4) is 0 Å². The first-order valence-electron chi connectivity index (χ1n) is 7.09. The molecule has 0 atom stereocenters. The molecule has 0 radical (unpaired) electrons. The van der Waals surface area contributed by atoms with E-state index in [1.54, 1.807) is 0 Å². The number of amides is 1. The summed E-state index contributed by atoms with van der Waals surface area (Å²) in [7, 11) is 0. The topological polar surface area (TPSA) is 46.9 Å². The van der Waals surface area contributed by atoms with E-state index in [2.05, 4.69) is 14.9 Å². The Labute approximate surface area is 118 Å². The summed E-state index contributed by atoms with van der Waals surface area (Å²) in [6.45, 7) is 5.03. The highest BCUT2D eigenvalue weighted by Gasteiger charge is 2.17. The molecule has 3 rings (SSSR count). The Kier molecular flexibility index (Phi) is 3.30. The SMILES string of the molecule is Cc1cccc(NC(=O)c2cn3c(n2)CCCC3)c1C. The number of nitrogens with zero attached hydrogens (tertiary/aromatic N) is 2. The molecule has 0 unspecified atom stereocenters. The van der Waals surface area contributed by atoms with Gasteiger partial charge in [-0.3, -0.25) is 4.79 Å². The van der Waals surface area contributed by atoms with Crippen molar-refractivity contribution in [2.75, 3.05) is 5.32 Å². The van der Waals surface area contributed by atoms with Gasteiger partial charge in [0.25, 0.3) is 5.91 Å². The van der Waals surface area contributed by atoms with Crippen molar-refractivity contribution in [2.24, 2.45) is 0 Å². The van der Waals surface area contributed by atoms with Crippen LogP contribution in [0.5, 0.6) is 0 Å². The molecule has 2 heterocycles. The zero-order chi connectivity index (χ0) is 14.1. The third-order valence-corrected chi connectivity index (χ3v) is 3.99. The van der Waals surface area contributed by atoms with E-state index < -0.39 is 0 Å². The molecule has 20 heavy (non-hydrogen) atoms. The van der Waals surface area contributed by atoms with Crippen molar-refractivity contribution >= 4 is 11.6 Å². The summed E-state index contributed by atoms with van der Waals surface area (Å²) in [4.78, 5) is 16.8. The van der Waals surface area contributed by atoms with E-state index in [1.807, 2.05) is 38.2 Å². The number of aromatic nitrogens is 2. The monoisotopic (exact) mass is 269 g/mol. The third kappa shape index (κ3) is 2.33. The fourth-order valence-corrected chi connectivity index (χ4v) is 2.59. The van der Waals surface area contributed by atoms with Crippen molar-refractivity contribution in [3.63, 3.8) is 0 Å². The van der Waals surface area contributed by atoms with Crippen LogP contribution in [0.1, 0.15) is 40.3 Å². The van der Waals surface area contributed by atoms with E-state index in [0.717, 1.165) is 36.5 Å². The number of aryl methyl sites for hydroxylation is 3. The van der Waals surface area contributed by atoms with E-state index in [9.17, 15) is 4.79 Å². The molecule has 0 saturated heterocycles. The molecule has 1 N–H and O–H groups in total. The number of fused-ring (bicyclic) bond motifs is 1. The van der Waals surface area contributed by atoms with Crippen molar-refractivity contribution in [3.8, 4) is 0 Å². The molecular formula is C16H19N3O. The molecule has 0 saturated carbocycles. The number of anilines is 1. The second-order valence-corrected chi connectivity index (χ2v) is 5.39. The summed E-state index contributed by atoms with van der Waals surface area (Å²) in [6.07, 6.45) is 5.17. The van der Waals surface area contributed by atoms with Crippen LogP contribution in [0.4, 0.5) is 5.69 Å². The van der Waals surface area contributed by atoms with Crippen LogP contribution in [-0.2, 0) is 13.0 Å². The lowest BCUT2D eigenvalue weighted by atomic mass is 10.1. The number of imidazole rings is 1. The van der Waals surface area contributed by atoms with Gasteiger partial charge in [0.15, 0.2) is 0 Å². The molecule has 4 heteroatoms. The number of carbonyl (C=O) groups is 1. The molecule has 1 aliphatic rings. The molecule has 1 aromatic heterocycles. The molecule has 1 aromatic carbocycles. The summed E-state index contributed by atoms with van der Waals surface area (Å²) in [5.41, 5.74) is 3.65. The van der Waals surface area contributed by atoms with E-state index in [1.165, 1.54) is 12.0 Å². The molecule has 0 fully saturated rings. The maximum atomic E-state index is 12.3. The van der Waals surface area contributed by atoms with E-state index in [-0.39, 0.29) is 5.91 Å². The number of nitrogens with one attached hydrogen (secondary N) is 1. The van der Waals surface area contributed by atoms with Gasteiger partial charge >= 0.3 is 0 Å². The van der Waals surface area contributed by atoms with Gasteiger partial charge < -0.3 is 9.88 Å². The average molecular weight is 269 g/mol. The second-order valence-electron chi connectivity index (χ2n) is 5.39. The molecular weight excluding hydrogens is 250 g/mol. The predicted octanol–water partition coefficient (Wildman–Crippen LogP) is 3.09. The zero-order valence-electron chi connectivity index (χ0n) is 11.9. The van der Waals surface area contributed by atoms with Crippen molar-refractivity contribution in [1.82, 2.24) is 9.55 Å². The summed E-state index contributed by atoms with van der Waals surface area (Å²) in [5, 5.41) is 2.96. The van der Waals surface area contributed by atoms with Gasteiger partial charge in [0, 0.05) is 24.8 Å². The Morgan fingerprint density at radius 3 is 2.95 bits per heavy atom. The van der Waals surface area contributed by atoms with Gasteiger partial charge in [-0.05, 0) is 43.9 Å². The maximum absolute atomic E-state index is 12.3. The lowest BCUT2D eigenvalue weighted by Gasteiger charge is -2.11. The van der Waals surface area contributed by atoms with Crippen LogP contribution in [-0.4, -0.2) is 15.5 Å². The number of hydrogen-bond donors (Lipinski definition) is 1. The van der Waals surface area contributed by atoms with Crippen LogP contribution in [0.25, 0.3) is 0 Å². The Morgan fingerprint density at radius 1 is 1.30 bits per heavy atom. The van der Waals surface area contributed by atoms with Crippen LogP contribution < -0.4 is 5.32 Å². The van der Waals surface area contributed by atoms with Crippen LogP contribution in [0.2, 0.25) is 0 Å². The lowest BCUT2D eigenvalue weighted by molar-refractivity contribution is 0.102. The largest absolute Gasteiger partial charge is 0.334 e. The molecule has 2 aromatic rings. The molecule has 104 valence electrons. The van der Waals surface area contributed by atoms with Crippen molar-refractivity contribution in [3.05, 3.63) is 47.0 Å². The second kappa shape index (κ2) is 5.12. The highest BCUT2D eigenvalue weighted by Crippen LogP contribution is 2.20. The molecule has 0 bridgehead atoms. The predicted molar refractivity (Wildman–Crippen MR) is 79.0 cm³/mol. The number of benzene rings is 1. The first-order chi connectivity index (χ1) is 9.65. The molecule has 0 spiro atoms. The molecule has 4 nitrogen and oxygen atoms in total. The van der Waals surface area contributed by atoms with Gasteiger partial charge in [-0.2, -0.15) is 0 Å². The molecule has 1 aliphatic heterocycles. The number of rotatable bonds is 2. The zero-order valence-corrected chi connectivity index (χ0v) is 11.9. The van der Waals surface area contributed by atoms with Gasteiger partial charge in [0.05, 0.1) is 0 Å². The lowest BCUT2D eigenvalue weighted by Crippen LogP contribution is -2.13. The van der Waals surface area contributed by atoms with Crippen LogP contribution >= 0.6 is 0 Å². The normalized spacial score (nSPS) is 13.9. The van der Waals surface area contributed by atoms with Crippen molar-refractivity contribution < 1.29 is 4.79 Å². The minimum atomic E-state index is -0.124. The van der Waals surface area contributed by atoms with Gasteiger partial charge in [0.2, 0.25) is 0 Å². The quantitative estimate of drug-likeness (QED) is 0.910. The highest BCUT2D eigenvalue weighted by molar-refractivity contribution is 6.03.